The Morgan fingerprint density at radius 2 is 1.83 bits per heavy atom. The molecule has 4 heteroatoms. The number of rotatable bonds is 9. The van der Waals surface area contributed by atoms with Gasteiger partial charge in [0.05, 0.1) is 6.10 Å². The van der Waals surface area contributed by atoms with Crippen molar-refractivity contribution >= 4 is 5.97 Å². The van der Waals surface area contributed by atoms with Crippen molar-refractivity contribution in [3.8, 4) is 0 Å². The van der Waals surface area contributed by atoms with Gasteiger partial charge in [-0.1, -0.05) is 57.0 Å². The lowest BCUT2D eigenvalue weighted by molar-refractivity contribution is -0.149. The topological polar surface area (TPSA) is 49.8 Å². The largest absolute Gasteiger partial charge is 0.464 e. The molecule has 1 aliphatic carbocycles. The molecule has 0 amide bonds. The van der Waals surface area contributed by atoms with Gasteiger partial charge in [-0.15, -0.1) is 0 Å². The van der Waals surface area contributed by atoms with Crippen molar-refractivity contribution in [2.45, 2.75) is 51.6 Å². The molecular formula is C20H31NO3. The number of esters is 1. The maximum atomic E-state index is 12.7. The van der Waals surface area contributed by atoms with Crippen molar-refractivity contribution in [1.82, 2.24) is 4.90 Å². The molecule has 1 aromatic carbocycles. The SMILES string of the molecule is CCN(CC)CCOC(=O)[C@@H](c1ccccc1)[C@@H](O)C1CCCC1. The molecule has 0 aliphatic heterocycles. The number of aliphatic hydroxyl groups is 1. The van der Waals surface area contributed by atoms with Crippen LogP contribution < -0.4 is 0 Å². The third-order valence-electron chi connectivity index (χ3n) is 5.18. The molecule has 0 heterocycles. The normalized spacial score (nSPS) is 17.8. The smallest absolute Gasteiger partial charge is 0.316 e. The molecule has 1 N–H and O–H groups in total. The van der Waals surface area contributed by atoms with Gasteiger partial charge in [0, 0.05) is 6.54 Å². The monoisotopic (exact) mass is 333 g/mol. The number of likely N-dealkylation sites (N-methyl/N-ethyl adjacent to an activating group) is 1. The average molecular weight is 333 g/mol. The van der Waals surface area contributed by atoms with Crippen molar-refractivity contribution in [2.75, 3.05) is 26.2 Å². The molecule has 0 aromatic heterocycles. The highest BCUT2D eigenvalue weighted by atomic mass is 16.5. The lowest BCUT2D eigenvalue weighted by atomic mass is 9.85. The van der Waals surface area contributed by atoms with Crippen molar-refractivity contribution in [1.29, 1.82) is 0 Å². The first kappa shape index (κ1) is 18.9. The van der Waals surface area contributed by atoms with Crippen molar-refractivity contribution < 1.29 is 14.6 Å². The van der Waals surface area contributed by atoms with E-state index in [0.29, 0.717) is 6.61 Å². The first-order valence-corrected chi connectivity index (χ1v) is 9.29. The minimum atomic E-state index is -0.657. The Morgan fingerprint density at radius 3 is 2.42 bits per heavy atom. The van der Waals surface area contributed by atoms with E-state index in [9.17, 15) is 9.90 Å². The molecule has 0 unspecified atom stereocenters. The van der Waals surface area contributed by atoms with E-state index in [2.05, 4.69) is 18.7 Å². The standard InChI is InChI=1S/C20H31NO3/c1-3-21(4-2)14-15-24-20(23)18(16-10-6-5-7-11-16)19(22)17-12-8-9-13-17/h5-7,10-11,17-19,22H,3-4,8-9,12-15H2,1-2H3/t18-,19-/m0/s1. The Morgan fingerprint density at radius 1 is 1.21 bits per heavy atom. The lowest BCUT2D eigenvalue weighted by Crippen LogP contribution is -2.34. The molecule has 24 heavy (non-hydrogen) atoms. The van der Waals surface area contributed by atoms with Gasteiger partial charge in [-0.25, -0.2) is 0 Å². The van der Waals surface area contributed by atoms with Gasteiger partial charge in [-0.05, 0) is 37.4 Å². The summed E-state index contributed by atoms with van der Waals surface area (Å²) >= 11 is 0. The summed E-state index contributed by atoms with van der Waals surface area (Å²) in [6.45, 7) is 7.20. The summed E-state index contributed by atoms with van der Waals surface area (Å²) < 4.78 is 5.53. The number of carbonyl (C=O) groups excluding carboxylic acids is 1. The highest BCUT2D eigenvalue weighted by Gasteiger charge is 2.36. The van der Waals surface area contributed by atoms with Crippen LogP contribution in [0, 0.1) is 5.92 Å². The van der Waals surface area contributed by atoms with Crippen LogP contribution in [0.2, 0.25) is 0 Å². The number of nitrogens with zero attached hydrogens (tertiary/aromatic N) is 1. The van der Waals surface area contributed by atoms with Gasteiger partial charge in [-0.3, -0.25) is 4.79 Å². The van der Waals surface area contributed by atoms with E-state index in [0.717, 1.165) is 50.9 Å². The number of carbonyl (C=O) groups is 1. The summed E-state index contributed by atoms with van der Waals surface area (Å²) in [4.78, 5) is 14.9. The third-order valence-corrected chi connectivity index (χ3v) is 5.18. The predicted octanol–water partition coefficient (Wildman–Crippen LogP) is 3.21. The predicted molar refractivity (Wildman–Crippen MR) is 95.9 cm³/mol. The Kier molecular flexibility index (Phi) is 7.73. The van der Waals surface area contributed by atoms with Crippen molar-refractivity contribution in [3.63, 3.8) is 0 Å². The summed E-state index contributed by atoms with van der Waals surface area (Å²) in [5, 5.41) is 10.8. The Bertz CT molecular complexity index is 481. The second-order valence-corrected chi connectivity index (χ2v) is 6.62. The van der Waals surface area contributed by atoms with Crippen molar-refractivity contribution in [3.05, 3.63) is 35.9 Å². The molecular weight excluding hydrogens is 302 g/mol. The minimum absolute atomic E-state index is 0.200. The highest BCUT2D eigenvalue weighted by molar-refractivity contribution is 5.79. The molecule has 0 saturated heterocycles. The van der Waals surface area contributed by atoms with Crippen LogP contribution in [-0.2, 0) is 9.53 Å². The first-order valence-electron chi connectivity index (χ1n) is 9.29. The van der Waals surface area contributed by atoms with Crippen LogP contribution in [0.25, 0.3) is 0 Å². The summed E-state index contributed by atoms with van der Waals surface area (Å²) in [6, 6.07) is 9.57. The van der Waals surface area contributed by atoms with Gasteiger partial charge in [0.2, 0.25) is 0 Å². The molecule has 134 valence electrons. The summed E-state index contributed by atoms with van der Waals surface area (Å²) in [5.41, 5.74) is 0.852. The van der Waals surface area contributed by atoms with Gasteiger partial charge < -0.3 is 14.7 Å². The second-order valence-electron chi connectivity index (χ2n) is 6.62. The van der Waals surface area contributed by atoms with Gasteiger partial charge in [-0.2, -0.15) is 0 Å². The maximum Gasteiger partial charge on any atom is 0.316 e. The third kappa shape index (κ3) is 5.05. The van der Waals surface area contributed by atoms with Crippen LogP contribution in [-0.4, -0.2) is 48.3 Å². The molecule has 1 fully saturated rings. The molecule has 0 spiro atoms. The molecule has 2 atom stereocenters. The van der Waals surface area contributed by atoms with Crippen molar-refractivity contribution in [2.24, 2.45) is 5.92 Å². The van der Waals surface area contributed by atoms with Crippen LogP contribution in [0.5, 0.6) is 0 Å². The fraction of sp³-hybridized carbons (Fsp3) is 0.650. The van der Waals surface area contributed by atoms with Crippen LogP contribution >= 0.6 is 0 Å². The van der Waals surface area contributed by atoms with Gasteiger partial charge in [0.1, 0.15) is 12.5 Å². The van der Waals surface area contributed by atoms with Crippen LogP contribution in [0.15, 0.2) is 30.3 Å². The van der Waals surface area contributed by atoms with E-state index in [-0.39, 0.29) is 11.9 Å². The number of benzene rings is 1. The van der Waals surface area contributed by atoms with Gasteiger partial charge in [0.15, 0.2) is 0 Å². The Hall–Kier alpha value is -1.39. The Balaban J connectivity index is 2.03. The molecule has 2 rings (SSSR count). The second kappa shape index (κ2) is 9.80. The zero-order valence-corrected chi connectivity index (χ0v) is 15.0. The number of ether oxygens (including phenoxy) is 1. The summed E-state index contributed by atoms with van der Waals surface area (Å²) in [7, 11) is 0. The number of aliphatic hydroxyl groups excluding tert-OH is 1. The molecule has 4 nitrogen and oxygen atoms in total. The molecule has 0 radical (unpaired) electrons. The zero-order valence-electron chi connectivity index (χ0n) is 15.0. The minimum Gasteiger partial charge on any atom is -0.464 e. The lowest BCUT2D eigenvalue weighted by Gasteiger charge is -2.27. The fourth-order valence-corrected chi connectivity index (χ4v) is 3.61. The van der Waals surface area contributed by atoms with Crippen LogP contribution in [0.4, 0.5) is 0 Å². The first-order chi connectivity index (χ1) is 11.7. The number of hydrogen-bond acceptors (Lipinski definition) is 4. The summed E-state index contributed by atoms with van der Waals surface area (Å²) in [6.07, 6.45) is 3.62. The van der Waals surface area contributed by atoms with E-state index in [4.69, 9.17) is 4.74 Å². The Labute approximate surface area is 145 Å². The highest BCUT2D eigenvalue weighted by Crippen LogP contribution is 2.35. The van der Waals surface area contributed by atoms with Crippen LogP contribution in [0.3, 0.4) is 0 Å². The zero-order chi connectivity index (χ0) is 17.4. The molecule has 0 bridgehead atoms. The van der Waals surface area contributed by atoms with E-state index in [1.807, 2.05) is 30.3 Å². The van der Waals surface area contributed by atoms with Gasteiger partial charge >= 0.3 is 5.97 Å². The fourth-order valence-electron chi connectivity index (χ4n) is 3.61. The quantitative estimate of drug-likeness (QED) is 0.705. The number of hydrogen-bond donors (Lipinski definition) is 1. The maximum absolute atomic E-state index is 12.7. The average Bonchev–Trinajstić information content (AvgIpc) is 3.14. The van der Waals surface area contributed by atoms with E-state index in [1.54, 1.807) is 0 Å². The summed E-state index contributed by atoms with van der Waals surface area (Å²) in [5.74, 6) is -0.677. The molecule has 1 aliphatic rings. The van der Waals surface area contributed by atoms with E-state index < -0.39 is 12.0 Å². The van der Waals surface area contributed by atoms with E-state index in [1.165, 1.54) is 0 Å². The molecule has 1 aromatic rings. The van der Waals surface area contributed by atoms with E-state index >= 15 is 0 Å². The van der Waals surface area contributed by atoms with Crippen LogP contribution in [0.1, 0.15) is 51.0 Å². The van der Waals surface area contributed by atoms with Gasteiger partial charge in [0.25, 0.3) is 0 Å². The molecule has 1 saturated carbocycles.